The van der Waals surface area contributed by atoms with E-state index in [1.165, 1.54) is 0 Å². The van der Waals surface area contributed by atoms with E-state index in [1.54, 1.807) is 6.20 Å². The van der Waals surface area contributed by atoms with Crippen LogP contribution >= 0.6 is 15.9 Å². The average Bonchev–Trinajstić information content (AvgIpc) is 2.89. The van der Waals surface area contributed by atoms with Gasteiger partial charge in [-0.2, -0.15) is 4.98 Å². The Bertz CT molecular complexity index is 732. The van der Waals surface area contributed by atoms with Crippen LogP contribution in [0, 0.1) is 6.92 Å². The number of pyridine rings is 1. The summed E-state index contributed by atoms with van der Waals surface area (Å²) < 4.78 is 6.20. The molecule has 0 atom stereocenters. The van der Waals surface area contributed by atoms with Crippen LogP contribution in [0.1, 0.15) is 5.56 Å². The second-order valence-electron chi connectivity index (χ2n) is 4.32. The van der Waals surface area contributed by atoms with Gasteiger partial charge in [-0.15, -0.1) is 0 Å². The Morgan fingerprint density at radius 1 is 1.20 bits per heavy atom. The molecule has 0 saturated heterocycles. The van der Waals surface area contributed by atoms with Crippen LogP contribution in [0.15, 0.2) is 45.5 Å². The number of benzene rings is 1. The minimum Gasteiger partial charge on any atom is -0.398 e. The number of hydrogen-bond acceptors (Lipinski definition) is 5. The van der Waals surface area contributed by atoms with Crippen molar-refractivity contribution >= 4 is 21.6 Å². The van der Waals surface area contributed by atoms with Gasteiger partial charge in [-0.05, 0) is 46.6 Å². The first kappa shape index (κ1) is 12.8. The predicted octanol–water partition coefficient (Wildman–Crippen LogP) is 3.45. The van der Waals surface area contributed by atoms with Crippen molar-refractivity contribution in [3.05, 3.63) is 46.6 Å². The van der Waals surface area contributed by atoms with E-state index in [4.69, 9.17) is 10.3 Å². The van der Waals surface area contributed by atoms with Crippen LogP contribution in [0.4, 0.5) is 5.69 Å². The smallest absolute Gasteiger partial charge is 0.260 e. The van der Waals surface area contributed by atoms with Gasteiger partial charge >= 0.3 is 0 Å². The molecule has 0 aliphatic rings. The minimum atomic E-state index is 0.403. The van der Waals surface area contributed by atoms with E-state index in [-0.39, 0.29) is 0 Å². The molecule has 0 saturated carbocycles. The molecule has 2 N–H and O–H groups in total. The van der Waals surface area contributed by atoms with Gasteiger partial charge in [0.05, 0.1) is 5.56 Å². The normalized spacial score (nSPS) is 10.7. The summed E-state index contributed by atoms with van der Waals surface area (Å²) in [7, 11) is 0. The Balaban J connectivity index is 2.04. The highest BCUT2D eigenvalue weighted by Gasteiger charge is 2.15. The molecular formula is C14H11BrN4O. The summed E-state index contributed by atoms with van der Waals surface area (Å²) in [5.74, 6) is 0.843. The number of rotatable bonds is 2. The molecule has 2 heterocycles. The second kappa shape index (κ2) is 5.05. The molecule has 0 aliphatic carbocycles. The van der Waals surface area contributed by atoms with Gasteiger partial charge < -0.3 is 10.3 Å². The molecule has 1 aromatic carbocycles. The SMILES string of the molecule is Cc1cccc(N)c1-c1nc(-c2ccc(Br)cn2)no1. The summed E-state index contributed by atoms with van der Waals surface area (Å²) in [6.45, 7) is 1.95. The summed E-state index contributed by atoms with van der Waals surface area (Å²) >= 11 is 3.34. The molecule has 0 fully saturated rings. The van der Waals surface area contributed by atoms with E-state index >= 15 is 0 Å². The van der Waals surface area contributed by atoms with Gasteiger partial charge in [0, 0.05) is 16.4 Å². The molecule has 3 aromatic rings. The fourth-order valence-corrected chi connectivity index (χ4v) is 2.15. The molecule has 3 rings (SSSR count). The van der Waals surface area contributed by atoms with Gasteiger partial charge in [0.25, 0.3) is 5.89 Å². The Hall–Kier alpha value is -2.21. The zero-order valence-corrected chi connectivity index (χ0v) is 12.3. The largest absolute Gasteiger partial charge is 0.398 e. The summed E-state index contributed by atoms with van der Waals surface area (Å²) in [5, 5.41) is 3.96. The van der Waals surface area contributed by atoms with Crippen LogP contribution in [-0.4, -0.2) is 15.1 Å². The Morgan fingerprint density at radius 2 is 2.05 bits per heavy atom. The van der Waals surface area contributed by atoms with Crippen molar-refractivity contribution in [1.29, 1.82) is 0 Å². The summed E-state index contributed by atoms with van der Waals surface area (Å²) in [4.78, 5) is 8.60. The zero-order valence-electron chi connectivity index (χ0n) is 10.7. The number of aromatic nitrogens is 3. The highest BCUT2D eigenvalue weighted by Crippen LogP contribution is 2.29. The molecule has 20 heavy (non-hydrogen) atoms. The van der Waals surface area contributed by atoms with Gasteiger partial charge in [0.15, 0.2) is 0 Å². The van der Waals surface area contributed by atoms with Gasteiger partial charge in [-0.3, -0.25) is 4.98 Å². The molecule has 2 aromatic heterocycles. The van der Waals surface area contributed by atoms with Crippen LogP contribution in [0.3, 0.4) is 0 Å². The molecule has 0 bridgehead atoms. The van der Waals surface area contributed by atoms with Gasteiger partial charge in [-0.1, -0.05) is 17.3 Å². The van der Waals surface area contributed by atoms with E-state index in [0.29, 0.717) is 23.1 Å². The van der Waals surface area contributed by atoms with Crippen LogP contribution in [0.2, 0.25) is 0 Å². The van der Waals surface area contributed by atoms with E-state index in [9.17, 15) is 0 Å². The van der Waals surface area contributed by atoms with E-state index < -0.39 is 0 Å². The fraction of sp³-hybridized carbons (Fsp3) is 0.0714. The number of nitrogens with zero attached hydrogens (tertiary/aromatic N) is 3. The summed E-state index contributed by atoms with van der Waals surface area (Å²) in [6, 6.07) is 9.35. The van der Waals surface area contributed by atoms with E-state index in [2.05, 4.69) is 31.1 Å². The topological polar surface area (TPSA) is 77.8 Å². The molecular weight excluding hydrogens is 320 g/mol. The molecule has 0 radical (unpaired) electrons. The third-order valence-corrected chi connectivity index (χ3v) is 3.37. The van der Waals surface area contributed by atoms with Crippen LogP contribution in [0.5, 0.6) is 0 Å². The van der Waals surface area contributed by atoms with Crippen molar-refractivity contribution in [2.75, 3.05) is 5.73 Å². The van der Waals surface area contributed by atoms with Gasteiger partial charge in [0.2, 0.25) is 5.82 Å². The van der Waals surface area contributed by atoms with Crippen molar-refractivity contribution in [2.45, 2.75) is 6.92 Å². The van der Waals surface area contributed by atoms with Crippen LogP contribution in [-0.2, 0) is 0 Å². The maximum atomic E-state index is 5.97. The molecule has 5 nitrogen and oxygen atoms in total. The van der Waals surface area contributed by atoms with Gasteiger partial charge in [0.1, 0.15) is 5.69 Å². The molecule has 0 spiro atoms. The molecule has 100 valence electrons. The number of hydrogen-bond donors (Lipinski definition) is 1. The first-order chi connectivity index (χ1) is 9.65. The maximum absolute atomic E-state index is 5.97. The third kappa shape index (κ3) is 2.30. The molecule has 0 aliphatic heterocycles. The first-order valence-corrected chi connectivity index (χ1v) is 6.75. The summed E-state index contributed by atoms with van der Waals surface area (Å²) in [6.07, 6.45) is 1.69. The minimum absolute atomic E-state index is 0.403. The van der Waals surface area contributed by atoms with Crippen molar-refractivity contribution < 1.29 is 4.52 Å². The van der Waals surface area contributed by atoms with Crippen molar-refractivity contribution in [2.24, 2.45) is 0 Å². The Kier molecular flexibility index (Phi) is 3.23. The van der Waals surface area contributed by atoms with Gasteiger partial charge in [-0.25, -0.2) is 0 Å². The highest BCUT2D eigenvalue weighted by molar-refractivity contribution is 9.10. The molecule has 6 heteroatoms. The number of nitrogens with two attached hydrogens (primary N) is 1. The number of aryl methyl sites for hydroxylation is 1. The van der Waals surface area contributed by atoms with Crippen LogP contribution in [0.25, 0.3) is 23.0 Å². The quantitative estimate of drug-likeness (QED) is 0.728. The number of halogens is 1. The van der Waals surface area contributed by atoms with Crippen LogP contribution < -0.4 is 5.73 Å². The third-order valence-electron chi connectivity index (χ3n) is 2.90. The lowest BCUT2D eigenvalue weighted by molar-refractivity contribution is 0.432. The predicted molar refractivity (Wildman–Crippen MR) is 79.8 cm³/mol. The summed E-state index contributed by atoms with van der Waals surface area (Å²) in [5.41, 5.74) is 8.99. The second-order valence-corrected chi connectivity index (χ2v) is 5.24. The zero-order chi connectivity index (χ0) is 14.1. The lowest BCUT2D eigenvalue weighted by Gasteiger charge is -2.03. The number of nitrogen functional groups attached to an aromatic ring is 1. The maximum Gasteiger partial charge on any atom is 0.260 e. The average molecular weight is 331 g/mol. The fourth-order valence-electron chi connectivity index (χ4n) is 1.92. The lowest BCUT2D eigenvalue weighted by Crippen LogP contribution is -1.93. The lowest BCUT2D eigenvalue weighted by atomic mass is 10.1. The van der Waals surface area contributed by atoms with Crippen molar-refractivity contribution in [3.8, 4) is 23.0 Å². The molecule has 0 amide bonds. The van der Waals surface area contributed by atoms with E-state index in [0.717, 1.165) is 15.6 Å². The number of anilines is 1. The highest BCUT2D eigenvalue weighted by atomic mass is 79.9. The Morgan fingerprint density at radius 3 is 2.75 bits per heavy atom. The first-order valence-electron chi connectivity index (χ1n) is 5.96. The monoisotopic (exact) mass is 330 g/mol. The molecule has 0 unspecified atom stereocenters. The van der Waals surface area contributed by atoms with Crippen molar-refractivity contribution in [3.63, 3.8) is 0 Å². The standard InChI is InChI=1S/C14H11BrN4O/c1-8-3-2-4-10(16)12(8)14-18-13(19-20-14)11-6-5-9(15)7-17-11/h2-7H,16H2,1H3. The van der Waals surface area contributed by atoms with E-state index in [1.807, 2.05) is 37.3 Å². The van der Waals surface area contributed by atoms with Crippen molar-refractivity contribution in [1.82, 2.24) is 15.1 Å². The Labute approximate surface area is 124 Å².